The van der Waals surface area contributed by atoms with Crippen LogP contribution in [0.2, 0.25) is 0 Å². The molecule has 0 saturated carbocycles. The Bertz CT molecular complexity index is 391. The van der Waals surface area contributed by atoms with E-state index in [9.17, 15) is 0 Å². The molecule has 5 heteroatoms. The van der Waals surface area contributed by atoms with Gasteiger partial charge in [-0.2, -0.15) is 0 Å². The maximum atomic E-state index is 5.69. The van der Waals surface area contributed by atoms with E-state index in [-0.39, 0.29) is 6.04 Å². The number of hydrogen-bond donors (Lipinski definition) is 1. The summed E-state index contributed by atoms with van der Waals surface area (Å²) >= 11 is 1.72. The Kier molecular flexibility index (Phi) is 2.60. The molecule has 0 saturated heterocycles. The molecule has 2 rings (SSSR count). The molecule has 0 unspecified atom stereocenters. The molecular weight excluding hydrogens is 196 g/mol. The second-order valence-corrected chi connectivity index (χ2v) is 4.24. The number of hydrogen-bond acceptors (Lipinski definition) is 4. The van der Waals surface area contributed by atoms with Gasteiger partial charge in [-0.3, -0.25) is 0 Å². The van der Waals surface area contributed by atoms with Gasteiger partial charge in [-0.25, -0.2) is 4.68 Å². The maximum Gasteiger partial charge on any atom is 0.0991 e. The van der Waals surface area contributed by atoms with Gasteiger partial charge in [0.15, 0.2) is 0 Å². The van der Waals surface area contributed by atoms with E-state index in [1.165, 1.54) is 4.88 Å². The van der Waals surface area contributed by atoms with Crippen molar-refractivity contribution in [3.05, 3.63) is 34.3 Å². The molecule has 2 N–H and O–H groups in total. The SMILES string of the molecule is C[C@@H](N)c1cn(Cc2cccs2)nn1. The predicted molar refractivity (Wildman–Crippen MR) is 56.0 cm³/mol. The van der Waals surface area contributed by atoms with Crippen LogP contribution in [0.4, 0.5) is 0 Å². The highest BCUT2D eigenvalue weighted by atomic mass is 32.1. The van der Waals surface area contributed by atoms with Crippen LogP contribution < -0.4 is 5.73 Å². The summed E-state index contributed by atoms with van der Waals surface area (Å²) in [5.74, 6) is 0. The zero-order chi connectivity index (χ0) is 9.97. The Morgan fingerprint density at radius 2 is 2.50 bits per heavy atom. The fourth-order valence-corrected chi connectivity index (χ4v) is 1.86. The Balaban J connectivity index is 2.11. The third kappa shape index (κ3) is 2.00. The van der Waals surface area contributed by atoms with E-state index in [2.05, 4.69) is 21.8 Å². The van der Waals surface area contributed by atoms with E-state index >= 15 is 0 Å². The van der Waals surface area contributed by atoms with Gasteiger partial charge in [-0.1, -0.05) is 11.3 Å². The van der Waals surface area contributed by atoms with Crippen LogP contribution in [0.5, 0.6) is 0 Å². The van der Waals surface area contributed by atoms with Crippen molar-refractivity contribution in [3.8, 4) is 0 Å². The lowest BCUT2D eigenvalue weighted by molar-refractivity contribution is 0.654. The molecule has 0 radical (unpaired) electrons. The van der Waals surface area contributed by atoms with Crippen molar-refractivity contribution in [2.45, 2.75) is 19.5 Å². The summed E-state index contributed by atoms with van der Waals surface area (Å²) in [7, 11) is 0. The topological polar surface area (TPSA) is 56.7 Å². The average molecular weight is 208 g/mol. The third-order valence-electron chi connectivity index (χ3n) is 1.92. The minimum Gasteiger partial charge on any atom is -0.323 e. The van der Waals surface area contributed by atoms with E-state index in [1.807, 2.05) is 23.9 Å². The molecule has 0 aromatic carbocycles. The van der Waals surface area contributed by atoms with Crippen molar-refractivity contribution in [3.63, 3.8) is 0 Å². The number of nitrogens with two attached hydrogens (primary N) is 1. The molecule has 4 nitrogen and oxygen atoms in total. The molecule has 0 aliphatic carbocycles. The molecule has 74 valence electrons. The van der Waals surface area contributed by atoms with Crippen LogP contribution in [0.15, 0.2) is 23.7 Å². The van der Waals surface area contributed by atoms with Crippen LogP contribution in [0.3, 0.4) is 0 Å². The van der Waals surface area contributed by atoms with E-state index in [1.54, 1.807) is 11.3 Å². The molecule has 1 atom stereocenters. The summed E-state index contributed by atoms with van der Waals surface area (Å²) in [6, 6.07) is 4.06. The number of thiophene rings is 1. The summed E-state index contributed by atoms with van der Waals surface area (Å²) in [5.41, 5.74) is 6.52. The lowest BCUT2D eigenvalue weighted by atomic mass is 10.3. The Morgan fingerprint density at radius 3 is 3.07 bits per heavy atom. The molecule has 0 amide bonds. The van der Waals surface area contributed by atoms with Crippen LogP contribution in [0.25, 0.3) is 0 Å². The summed E-state index contributed by atoms with van der Waals surface area (Å²) in [6.07, 6.45) is 1.89. The number of aromatic nitrogens is 3. The summed E-state index contributed by atoms with van der Waals surface area (Å²) in [4.78, 5) is 1.27. The minimum absolute atomic E-state index is 0.0490. The van der Waals surface area contributed by atoms with Crippen molar-refractivity contribution in [2.24, 2.45) is 5.73 Å². The quantitative estimate of drug-likeness (QED) is 0.829. The van der Waals surface area contributed by atoms with Crippen molar-refractivity contribution >= 4 is 11.3 Å². The second kappa shape index (κ2) is 3.89. The first kappa shape index (κ1) is 9.36. The summed E-state index contributed by atoms with van der Waals surface area (Å²) in [6.45, 7) is 2.68. The first-order valence-corrected chi connectivity index (χ1v) is 5.31. The monoisotopic (exact) mass is 208 g/mol. The summed E-state index contributed by atoms with van der Waals surface area (Å²) < 4.78 is 1.81. The zero-order valence-electron chi connectivity index (χ0n) is 7.92. The van der Waals surface area contributed by atoms with Crippen molar-refractivity contribution < 1.29 is 0 Å². The van der Waals surface area contributed by atoms with Crippen molar-refractivity contribution in [1.82, 2.24) is 15.0 Å². The number of nitrogens with zero attached hydrogens (tertiary/aromatic N) is 3. The standard InChI is InChI=1S/C9H12N4S/c1-7(10)9-6-13(12-11-9)5-8-3-2-4-14-8/h2-4,6-7H,5,10H2,1H3/t7-/m1/s1. The molecule has 0 aliphatic heterocycles. The Hall–Kier alpha value is -1.20. The Labute approximate surface area is 86.4 Å². The fourth-order valence-electron chi connectivity index (χ4n) is 1.16. The maximum absolute atomic E-state index is 5.69. The highest BCUT2D eigenvalue weighted by molar-refractivity contribution is 7.09. The van der Waals surface area contributed by atoms with E-state index in [0.717, 1.165) is 12.2 Å². The van der Waals surface area contributed by atoms with Gasteiger partial charge >= 0.3 is 0 Å². The van der Waals surface area contributed by atoms with E-state index < -0.39 is 0 Å². The Morgan fingerprint density at radius 1 is 1.64 bits per heavy atom. The second-order valence-electron chi connectivity index (χ2n) is 3.21. The van der Waals surface area contributed by atoms with Gasteiger partial charge in [-0.05, 0) is 18.4 Å². The average Bonchev–Trinajstić information content (AvgIpc) is 2.75. The van der Waals surface area contributed by atoms with Gasteiger partial charge in [0.2, 0.25) is 0 Å². The fraction of sp³-hybridized carbons (Fsp3) is 0.333. The molecule has 2 aromatic rings. The van der Waals surface area contributed by atoms with Crippen LogP contribution in [0, 0.1) is 0 Å². The van der Waals surface area contributed by atoms with Crippen LogP contribution in [-0.4, -0.2) is 15.0 Å². The molecule has 0 fully saturated rings. The van der Waals surface area contributed by atoms with Crippen LogP contribution in [-0.2, 0) is 6.54 Å². The van der Waals surface area contributed by atoms with Gasteiger partial charge < -0.3 is 5.73 Å². The predicted octanol–water partition coefficient (Wildman–Crippen LogP) is 1.41. The van der Waals surface area contributed by atoms with Gasteiger partial charge in [0.05, 0.1) is 18.4 Å². The van der Waals surface area contributed by atoms with E-state index in [0.29, 0.717) is 0 Å². The molecule has 14 heavy (non-hydrogen) atoms. The zero-order valence-corrected chi connectivity index (χ0v) is 8.74. The first-order chi connectivity index (χ1) is 6.75. The smallest absolute Gasteiger partial charge is 0.0991 e. The van der Waals surface area contributed by atoms with Gasteiger partial charge in [-0.15, -0.1) is 16.4 Å². The largest absolute Gasteiger partial charge is 0.323 e. The van der Waals surface area contributed by atoms with Crippen LogP contribution in [0.1, 0.15) is 23.5 Å². The van der Waals surface area contributed by atoms with E-state index in [4.69, 9.17) is 5.73 Å². The highest BCUT2D eigenvalue weighted by Crippen LogP contribution is 2.11. The highest BCUT2D eigenvalue weighted by Gasteiger charge is 2.05. The third-order valence-corrected chi connectivity index (χ3v) is 2.78. The minimum atomic E-state index is -0.0490. The molecular formula is C9H12N4S. The normalized spacial score (nSPS) is 13.0. The molecule has 2 heterocycles. The van der Waals surface area contributed by atoms with Crippen LogP contribution >= 0.6 is 11.3 Å². The van der Waals surface area contributed by atoms with Gasteiger partial charge in [0.25, 0.3) is 0 Å². The van der Waals surface area contributed by atoms with Gasteiger partial charge in [0.1, 0.15) is 0 Å². The van der Waals surface area contributed by atoms with Crippen molar-refractivity contribution in [1.29, 1.82) is 0 Å². The molecule has 0 spiro atoms. The molecule has 0 bridgehead atoms. The lowest BCUT2D eigenvalue weighted by Crippen LogP contribution is -2.05. The van der Waals surface area contributed by atoms with Gasteiger partial charge in [0, 0.05) is 10.9 Å². The number of rotatable bonds is 3. The first-order valence-electron chi connectivity index (χ1n) is 4.43. The molecule has 0 aliphatic rings. The lowest BCUT2D eigenvalue weighted by Gasteiger charge is -1.97. The molecule has 2 aromatic heterocycles. The summed E-state index contributed by atoms with van der Waals surface area (Å²) in [5, 5.41) is 10.0. The van der Waals surface area contributed by atoms with Crippen molar-refractivity contribution in [2.75, 3.05) is 0 Å².